The average molecular weight is 359 g/mol. The minimum absolute atomic E-state index is 0.0178. The summed E-state index contributed by atoms with van der Waals surface area (Å²) in [5.74, 6) is -1.15. The SMILES string of the molecule is Cc1ccc(S(=O)(=O)Nc2cc(C(=O)O)c3c(c2)ncn3C)c(C)c1. The number of fused-ring (bicyclic) bond motifs is 1. The first kappa shape index (κ1) is 17.0. The van der Waals surface area contributed by atoms with Gasteiger partial charge >= 0.3 is 5.97 Å². The Balaban J connectivity index is 2.09. The lowest BCUT2D eigenvalue weighted by molar-refractivity contribution is 0.0698. The van der Waals surface area contributed by atoms with Crippen molar-refractivity contribution in [2.45, 2.75) is 18.7 Å². The normalized spacial score (nSPS) is 11.6. The lowest BCUT2D eigenvalue weighted by Crippen LogP contribution is -2.15. The van der Waals surface area contributed by atoms with Crippen LogP contribution in [0.3, 0.4) is 0 Å². The van der Waals surface area contributed by atoms with Gasteiger partial charge in [-0.15, -0.1) is 0 Å². The van der Waals surface area contributed by atoms with E-state index in [0.717, 1.165) is 5.56 Å². The van der Waals surface area contributed by atoms with Crippen LogP contribution in [0.15, 0.2) is 41.6 Å². The Morgan fingerprint density at radius 1 is 1.20 bits per heavy atom. The topological polar surface area (TPSA) is 101 Å². The van der Waals surface area contributed by atoms with E-state index in [0.29, 0.717) is 16.6 Å². The number of aromatic nitrogens is 2. The second kappa shape index (κ2) is 5.89. The van der Waals surface area contributed by atoms with Crippen molar-refractivity contribution < 1.29 is 18.3 Å². The summed E-state index contributed by atoms with van der Waals surface area (Å²) in [5.41, 5.74) is 2.55. The molecule has 0 fully saturated rings. The van der Waals surface area contributed by atoms with E-state index in [1.807, 2.05) is 6.92 Å². The smallest absolute Gasteiger partial charge is 0.337 e. The van der Waals surface area contributed by atoms with Gasteiger partial charge in [-0.3, -0.25) is 4.72 Å². The van der Waals surface area contributed by atoms with Crippen LogP contribution in [-0.2, 0) is 17.1 Å². The van der Waals surface area contributed by atoms with Gasteiger partial charge in [0.25, 0.3) is 10.0 Å². The molecule has 7 nitrogen and oxygen atoms in total. The summed E-state index contributed by atoms with van der Waals surface area (Å²) in [6.45, 7) is 3.59. The lowest BCUT2D eigenvalue weighted by Gasteiger charge is -2.12. The van der Waals surface area contributed by atoms with Crippen LogP contribution in [0.5, 0.6) is 0 Å². The number of hydrogen-bond donors (Lipinski definition) is 2. The number of anilines is 1. The number of nitrogens with zero attached hydrogens (tertiary/aromatic N) is 2. The number of hydrogen-bond acceptors (Lipinski definition) is 4. The number of carbonyl (C=O) groups is 1. The van der Waals surface area contributed by atoms with Gasteiger partial charge < -0.3 is 9.67 Å². The van der Waals surface area contributed by atoms with Gasteiger partial charge in [0.05, 0.1) is 33.5 Å². The Morgan fingerprint density at radius 3 is 2.56 bits per heavy atom. The fraction of sp³-hybridized carbons (Fsp3) is 0.176. The van der Waals surface area contributed by atoms with Crippen molar-refractivity contribution in [3.8, 4) is 0 Å². The van der Waals surface area contributed by atoms with Crippen molar-refractivity contribution in [2.75, 3.05) is 4.72 Å². The summed E-state index contributed by atoms with van der Waals surface area (Å²) in [6.07, 6.45) is 1.49. The fourth-order valence-corrected chi connectivity index (χ4v) is 4.10. The van der Waals surface area contributed by atoms with Gasteiger partial charge in [-0.25, -0.2) is 18.2 Å². The summed E-state index contributed by atoms with van der Waals surface area (Å²) in [6, 6.07) is 7.84. The number of sulfonamides is 1. The Morgan fingerprint density at radius 2 is 1.92 bits per heavy atom. The molecule has 1 heterocycles. The minimum Gasteiger partial charge on any atom is -0.478 e. The Bertz CT molecular complexity index is 1100. The third kappa shape index (κ3) is 3.08. The summed E-state index contributed by atoms with van der Waals surface area (Å²) in [5, 5.41) is 9.42. The summed E-state index contributed by atoms with van der Waals surface area (Å²) in [4.78, 5) is 15.8. The maximum absolute atomic E-state index is 12.7. The number of imidazole rings is 1. The first-order valence-electron chi connectivity index (χ1n) is 7.47. The molecule has 0 aliphatic heterocycles. The zero-order valence-corrected chi connectivity index (χ0v) is 14.8. The summed E-state index contributed by atoms with van der Waals surface area (Å²) < 4.78 is 29.4. The molecule has 0 bridgehead atoms. The number of nitrogens with one attached hydrogen (secondary N) is 1. The molecule has 3 rings (SSSR count). The van der Waals surface area contributed by atoms with Crippen LogP contribution in [0.2, 0.25) is 0 Å². The molecule has 0 spiro atoms. The monoisotopic (exact) mass is 359 g/mol. The molecule has 0 aliphatic carbocycles. The minimum atomic E-state index is -3.84. The highest BCUT2D eigenvalue weighted by molar-refractivity contribution is 7.92. The van der Waals surface area contributed by atoms with Crippen molar-refractivity contribution >= 4 is 32.7 Å². The average Bonchev–Trinajstić information content (AvgIpc) is 2.86. The van der Waals surface area contributed by atoms with E-state index in [1.54, 1.807) is 30.7 Å². The van der Waals surface area contributed by atoms with E-state index in [1.165, 1.54) is 24.5 Å². The highest BCUT2D eigenvalue weighted by Gasteiger charge is 2.20. The molecule has 130 valence electrons. The molecule has 0 unspecified atom stereocenters. The van der Waals surface area contributed by atoms with E-state index in [9.17, 15) is 18.3 Å². The van der Waals surface area contributed by atoms with Crippen molar-refractivity contribution in [3.63, 3.8) is 0 Å². The molecule has 1 aromatic heterocycles. The van der Waals surface area contributed by atoms with E-state index in [2.05, 4.69) is 9.71 Å². The van der Waals surface area contributed by atoms with Gasteiger partial charge in [0, 0.05) is 7.05 Å². The van der Waals surface area contributed by atoms with Crippen LogP contribution >= 0.6 is 0 Å². The van der Waals surface area contributed by atoms with Crippen LogP contribution in [-0.4, -0.2) is 29.0 Å². The number of carboxylic acids is 1. The van der Waals surface area contributed by atoms with Gasteiger partial charge in [0.1, 0.15) is 0 Å². The first-order valence-corrected chi connectivity index (χ1v) is 8.96. The van der Waals surface area contributed by atoms with Crippen LogP contribution in [0.1, 0.15) is 21.5 Å². The molecule has 25 heavy (non-hydrogen) atoms. The Kier molecular flexibility index (Phi) is 4.00. The van der Waals surface area contributed by atoms with Crippen LogP contribution in [0, 0.1) is 13.8 Å². The van der Waals surface area contributed by atoms with E-state index in [-0.39, 0.29) is 16.1 Å². The molecule has 0 amide bonds. The Labute approximate surface area is 145 Å². The van der Waals surface area contributed by atoms with E-state index in [4.69, 9.17) is 0 Å². The highest BCUT2D eigenvalue weighted by Crippen LogP contribution is 2.26. The van der Waals surface area contributed by atoms with Gasteiger partial charge in [0.2, 0.25) is 0 Å². The molecule has 0 atom stereocenters. The number of aromatic carboxylic acids is 1. The van der Waals surface area contributed by atoms with Crippen LogP contribution in [0.4, 0.5) is 5.69 Å². The first-order chi connectivity index (χ1) is 11.7. The molecule has 0 saturated heterocycles. The molecule has 3 aromatic rings. The Hall–Kier alpha value is -2.87. The second-order valence-electron chi connectivity index (χ2n) is 5.93. The number of benzene rings is 2. The zero-order chi connectivity index (χ0) is 18.4. The fourth-order valence-electron chi connectivity index (χ4n) is 2.83. The van der Waals surface area contributed by atoms with Gasteiger partial charge in [-0.2, -0.15) is 0 Å². The molecular weight excluding hydrogens is 342 g/mol. The van der Waals surface area contributed by atoms with Crippen molar-refractivity contribution in [3.05, 3.63) is 53.3 Å². The lowest BCUT2D eigenvalue weighted by atomic mass is 10.1. The molecule has 0 aliphatic rings. The predicted molar refractivity (Wildman–Crippen MR) is 94.4 cm³/mol. The third-order valence-corrected chi connectivity index (χ3v) is 5.46. The quantitative estimate of drug-likeness (QED) is 0.746. The van der Waals surface area contributed by atoms with Crippen LogP contribution in [0.25, 0.3) is 11.0 Å². The van der Waals surface area contributed by atoms with Crippen molar-refractivity contribution in [2.24, 2.45) is 7.05 Å². The zero-order valence-electron chi connectivity index (χ0n) is 13.9. The molecule has 2 aromatic carbocycles. The van der Waals surface area contributed by atoms with Crippen molar-refractivity contribution in [1.29, 1.82) is 0 Å². The standard InChI is InChI=1S/C17H17N3O4S/c1-10-4-5-15(11(2)6-10)25(23,24)19-12-7-13(17(21)22)16-14(8-12)18-9-20(16)3/h4-9,19H,1-3H3,(H,21,22). The maximum Gasteiger partial charge on any atom is 0.337 e. The molecule has 0 saturated carbocycles. The van der Waals surface area contributed by atoms with E-state index >= 15 is 0 Å². The van der Waals surface area contributed by atoms with E-state index < -0.39 is 16.0 Å². The number of rotatable bonds is 4. The maximum atomic E-state index is 12.7. The summed E-state index contributed by atoms with van der Waals surface area (Å²) in [7, 11) is -2.16. The van der Waals surface area contributed by atoms with Crippen molar-refractivity contribution in [1.82, 2.24) is 9.55 Å². The second-order valence-corrected chi connectivity index (χ2v) is 7.58. The highest BCUT2D eigenvalue weighted by atomic mass is 32.2. The van der Waals surface area contributed by atoms with Gasteiger partial charge in [-0.1, -0.05) is 17.7 Å². The predicted octanol–water partition coefficient (Wildman–Crippen LogP) is 2.69. The molecule has 0 radical (unpaired) electrons. The third-order valence-electron chi connectivity index (χ3n) is 3.92. The molecule has 8 heteroatoms. The number of carboxylic acid groups (broad SMARTS) is 1. The largest absolute Gasteiger partial charge is 0.478 e. The summed E-state index contributed by atoms with van der Waals surface area (Å²) >= 11 is 0. The molecule has 2 N–H and O–H groups in total. The van der Waals surface area contributed by atoms with Gasteiger partial charge in [0.15, 0.2) is 0 Å². The van der Waals surface area contributed by atoms with Crippen LogP contribution < -0.4 is 4.72 Å². The number of aryl methyl sites for hydroxylation is 3. The van der Waals surface area contributed by atoms with Gasteiger partial charge in [-0.05, 0) is 37.6 Å². The molecular formula is C17H17N3O4S.